The quantitative estimate of drug-likeness (QED) is 0.759. The van der Waals surface area contributed by atoms with Gasteiger partial charge in [-0.2, -0.15) is 0 Å². The second-order valence-corrected chi connectivity index (χ2v) is 4.91. The lowest BCUT2D eigenvalue weighted by molar-refractivity contribution is 0.0421. The highest BCUT2D eigenvalue weighted by Gasteiger charge is 2.20. The maximum absolute atomic E-state index is 5.39. The lowest BCUT2D eigenvalue weighted by atomic mass is 10.1. The lowest BCUT2D eigenvalue weighted by Crippen LogP contribution is -2.39. The first-order valence-corrected chi connectivity index (χ1v) is 6.37. The van der Waals surface area contributed by atoms with E-state index >= 15 is 0 Å². The van der Waals surface area contributed by atoms with Crippen LogP contribution < -0.4 is 5.32 Å². The molecule has 0 amide bonds. The summed E-state index contributed by atoms with van der Waals surface area (Å²) in [7, 11) is 2.27. The molecule has 0 aliphatic carbocycles. The van der Waals surface area contributed by atoms with Crippen LogP contribution in [-0.4, -0.2) is 50.3 Å². The first kappa shape index (κ1) is 11.4. The summed E-state index contributed by atoms with van der Waals surface area (Å²) < 4.78 is 5.39. The van der Waals surface area contributed by atoms with E-state index in [1.807, 2.05) is 0 Å². The molecule has 2 saturated heterocycles. The Hall–Kier alpha value is -0.120. The summed E-state index contributed by atoms with van der Waals surface area (Å²) in [6.45, 7) is 4.38. The Morgan fingerprint density at radius 1 is 1.27 bits per heavy atom. The van der Waals surface area contributed by atoms with Crippen LogP contribution in [0.25, 0.3) is 0 Å². The smallest absolute Gasteiger partial charge is 0.0480 e. The summed E-state index contributed by atoms with van der Waals surface area (Å²) >= 11 is 0. The van der Waals surface area contributed by atoms with Crippen LogP contribution in [0.1, 0.15) is 32.1 Å². The van der Waals surface area contributed by atoms with Crippen molar-refractivity contribution < 1.29 is 4.74 Å². The molecule has 2 rings (SSSR count). The first-order valence-electron chi connectivity index (χ1n) is 6.37. The zero-order valence-corrected chi connectivity index (χ0v) is 9.87. The number of nitrogens with zero attached hydrogens (tertiary/aromatic N) is 1. The van der Waals surface area contributed by atoms with Gasteiger partial charge in [-0.3, -0.25) is 0 Å². The zero-order valence-electron chi connectivity index (χ0n) is 9.87. The highest BCUT2D eigenvalue weighted by molar-refractivity contribution is 4.77. The van der Waals surface area contributed by atoms with Crippen LogP contribution in [0.3, 0.4) is 0 Å². The Kier molecular flexibility index (Phi) is 4.42. The minimum absolute atomic E-state index is 0.764. The van der Waals surface area contributed by atoms with Gasteiger partial charge < -0.3 is 15.0 Å². The van der Waals surface area contributed by atoms with Crippen molar-refractivity contribution in [2.45, 2.75) is 44.2 Å². The van der Waals surface area contributed by atoms with Crippen LogP contribution in [0.2, 0.25) is 0 Å². The molecular weight excluding hydrogens is 188 g/mol. The summed E-state index contributed by atoms with van der Waals surface area (Å²) in [4.78, 5) is 2.53. The molecule has 2 heterocycles. The van der Waals surface area contributed by atoms with Gasteiger partial charge in [-0.25, -0.2) is 0 Å². The largest absolute Gasteiger partial charge is 0.381 e. The molecule has 0 aromatic rings. The number of hydrogen-bond donors (Lipinski definition) is 1. The number of nitrogens with one attached hydrogen (secondary N) is 1. The van der Waals surface area contributed by atoms with Gasteiger partial charge in [0, 0.05) is 25.3 Å². The van der Waals surface area contributed by atoms with Crippen molar-refractivity contribution in [3.8, 4) is 0 Å². The van der Waals surface area contributed by atoms with Gasteiger partial charge >= 0.3 is 0 Å². The first-order chi connectivity index (χ1) is 7.36. The van der Waals surface area contributed by atoms with Crippen molar-refractivity contribution in [2.24, 2.45) is 0 Å². The Labute approximate surface area is 93.2 Å². The van der Waals surface area contributed by atoms with Crippen LogP contribution in [-0.2, 0) is 4.74 Å². The lowest BCUT2D eigenvalue weighted by Gasteiger charge is -2.31. The molecule has 1 N–H and O–H groups in total. The highest BCUT2D eigenvalue weighted by atomic mass is 16.5. The van der Waals surface area contributed by atoms with E-state index in [2.05, 4.69) is 17.3 Å². The Morgan fingerprint density at radius 2 is 2.07 bits per heavy atom. The van der Waals surface area contributed by atoms with Crippen molar-refractivity contribution in [2.75, 3.05) is 33.4 Å². The maximum Gasteiger partial charge on any atom is 0.0480 e. The highest BCUT2D eigenvalue weighted by Crippen LogP contribution is 2.15. The van der Waals surface area contributed by atoms with Crippen molar-refractivity contribution in [3.63, 3.8) is 0 Å². The summed E-state index contributed by atoms with van der Waals surface area (Å²) in [6.07, 6.45) is 6.49. The minimum atomic E-state index is 0.764. The average molecular weight is 212 g/mol. The van der Waals surface area contributed by atoms with Gasteiger partial charge in [0.25, 0.3) is 0 Å². The van der Waals surface area contributed by atoms with E-state index in [1.165, 1.54) is 45.2 Å². The molecule has 0 aromatic heterocycles. The molecule has 0 aromatic carbocycles. The topological polar surface area (TPSA) is 24.5 Å². The molecule has 0 spiro atoms. The van der Waals surface area contributed by atoms with Gasteiger partial charge in [0.05, 0.1) is 0 Å². The Morgan fingerprint density at radius 3 is 2.73 bits per heavy atom. The van der Waals surface area contributed by atoms with Crippen LogP contribution in [0.4, 0.5) is 0 Å². The molecule has 2 aliphatic heterocycles. The SMILES string of the molecule is CN(CCC1CCCN1)C1CCOCC1. The number of hydrogen-bond acceptors (Lipinski definition) is 3. The van der Waals surface area contributed by atoms with E-state index in [-0.39, 0.29) is 0 Å². The summed E-state index contributed by atoms with van der Waals surface area (Å²) in [5, 5.41) is 3.56. The van der Waals surface area contributed by atoms with Crippen molar-refractivity contribution >= 4 is 0 Å². The fourth-order valence-electron chi connectivity index (χ4n) is 2.67. The molecule has 1 unspecified atom stereocenters. The molecule has 88 valence electrons. The van der Waals surface area contributed by atoms with Gasteiger partial charge in [-0.15, -0.1) is 0 Å². The number of ether oxygens (including phenoxy) is 1. The van der Waals surface area contributed by atoms with E-state index in [9.17, 15) is 0 Å². The fraction of sp³-hybridized carbons (Fsp3) is 1.00. The zero-order chi connectivity index (χ0) is 10.5. The maximum atomic E-state index is 5.39. The molecular formula is C12H24N2O. The third-order valence-electron chi connectivity index (χ3n) is 3.81. The van der Waals surface area contributed by atoms with Crippen LogP contribution >= 0.6 is 0 Å². The van der Waals surface area contributed by atoms with Crippen molar-refractivity contribution in [3.05, 3.63) is 0 Å². The van der Waals surface area contributed by atoms with Gasteiger partial charge in [0.2, 0.25) is 0 Å². The standard InChI is InChI=1S/C12H24N2O/c1-14(12-5-9-15-10-6-12)8-4-11-3-2-7-13-11/h11-13H,2-10H2,1H3. The predicted molar refractivity (Wildman–Crippen MR) is 62.1 cm³/mol. The van der Waals surface area contributed by atoms with Crippen molar-refractivity contribution in [1.82, 2.24) is 10.2 Å². The minimum Gasteiger partial charge on any atom is -0.381 e. The molecule has 0 saturated carbocycles. The normalized spacial score (nSPS) is 28.8. The third-order valence-corrected chi connectivity index (χ3v) is 3.81. The van der Waals surface area contributed by atoms with Gasteiger partial charge in [-0.1, -0.05) is 0 Å². The van der Waals surface area contributed by atoms with E-state index < -0.39 is 0 Å². The summed E-state index contributed by atoms with van der Waals surface area (Å²) in [6, 6.07) is 1.55. The van der Waals surface area contributed by atoms with Crippen LogP contribution in [0, 0.1) is 0 Å². The van der Waals surface area contributed by atoms with Gasteiger partial charge in [-0.05, 0) is 52.2 Å². The molecule has 1 atom stereocenters. The second-order valence-electron chi connectivity index (χ2n) is 4.91. The molecule has 2 fully saturated rings. The molecule has 0 radical (unpaired) electrons. The summed E-state index contributed by atoms with van der Waals surface area (Å²) in [5.74, 6) is 0. The predicted octanol–water partition coefficient (Wildman–Crippen LogP) is 1.24. The molecule has 15 heavy (non-hydrogen) atoms. The van der Waals surface area contributed by atoms with Crippen LogP contribution in [0.15, 0.2) is 0 Å². The molecule has 3 nitrogen and oxygen atoms in total. The third kappa shape index (κ3) is 3.44. The second kappa shape index (κ2) is 5.83. The molecule has 0 bridgehead atoms. The fourth-order valence-corrected chi connectivity index (χ4v) is 2.67. The van der Waals surface area contributed by atoms with Crippen LogP contribution in [0.5, 0.6) is 0 Å². The molecule has 3 heteroatoms. The Balaban J connectivity index is 1.64. The van der Waals surface area contributed by atoms with E-state index in [0.29, 0.717) is 0 Å². The van der Waals surface area contributed by atoms with E-state index in [4.69, 9.17) is 4.74 Å². The van der Waals surface area contributed by atoms with Gasteiger partial charge in [0.1, 0.15) is 0 Å². The van der Waals surface area contributed by atoms with E-state index in [1.54, 1.807) is 0 Å². The average Bonchev–Trinajstić information content (AvgIpc) is 2.80. The summed E-state index contributed by atoms with van der Waals surface area (Å²) in [5.41, 5.74) is 0. The molecule has 2 aliphatic rings. The number of rotatable bonds is 4. The van der Waals surface area contributed by atoms with Crippen molar-refractivity contribution in [1.29, 1.82) is 0 Å². The van der Waals surface area contributed by atoms with Gasteiger partial charge in [0.15, 0.2) is 0 Å². The Bertz CT molecular complexity index is 174. The van der Waals surface area contributed by atoms with E-state index in [0.717, 1.165) is 25.3 Å². The monoisotopic (exact) mass is 212 g/mol.